The van der Waals surface area contributed by atoms with Gasteiger partial charge in [0.2, 0.25) is 5.89 Å². The van der Waals surface area contributed by atoms with Gasteiger partial charge in [-0.25, -0.2) is 0 Å². The van der Waals surface area contributed by atoms with Crippen LogP contribution in [0.3, 0.4) is 0 Å². The van der Waals surface area contributed by atoms with Crippen LogP contribution in [0.2, 0.25) is 0 Å². The third-order valence-electron chi connectivity index (χ3n) is 4.96. The molecule has 0 N–H and O–H groups in total. The van der Waals surface area contributed by atoms with Gasteiger partial charge in [0.25, 0.3) is 5.91 Å². The molecule has 2 saturated heterocycles. The zero-order valence-electron chi connectivity index (χ0n) is 14.0. The van der Waals surface area contributed by atoms with Crippen molar-refractivity contribution in [2.45, 2.75) is 31.7 Å². The minimum Gasteiger partial charge on any atom is -0.338 e. The van der Waals surface area contributed by atoms with Crippen LogP contribution in [0.15, 0.2) is 22.9 Å². The summed E-state index contributed by atoms with van der Waals surface area (Å²) in [4.78, 5) is 25.2. The Morgan fingerprint density at radius 1 is 1.33 bits per heavy atom. The van der Waals surface area contributed by atoms with Crippen molar-refractivity contribution in [3.8, 4) is 0 Å². The van der Waals surface area contributed by atoms with Gasteiger partial charge in [-0.2, -0.15) is 4.98 Å². The van der Waals surface area contributed by atoms with Crippen LogP contribution in [0.1, 0.15) is 52.6 Å². The maximum absolute atomic E-state index is 12.4. The van der Waals surface area contributed by atoms with E-state index < -0.39 is 0 Å². The quantitative estimate of drug-likeness (QED) is 0.855. The van der Waals surface area contributed by atoms with Crippen molar-refractivity contribution < 1.29 is 9.32 Å². The summed E-state index contributed by atoms with van der Waals surface area (Å²) in [5, 5.41) is 4.13. The summed E-state index contributed by atoms with van der Waals surface area (Å²) in [5.74, 6) is 1.60. The molecule has 2 aliphatic rings. The van der Waals surface area contributed by atoms with Crippen LogP contribution >= 0.6 is 0 Å². The Labute approximate surface area is 140 Å². The van der Waals surface area contributed by atoms with Crippen molar-refractivity contribution in [3.63, 3.8) is 0 Å². The van der Waals surface area contributed by atoms with Gasteiger partial charge in [-0.15, -0.1) is 0 Å². The van der Waals surface area contributed by atoms with Gasteiger partial charge in [0, 0.05) is 25.0 Å². The van der Waals surface area contributed by atoms with Gasteiger partial charge in [0.15, 0.2) is 5.82 Å². The van der Waals surface area contributed by atoms with Crippen LogP contribution in [-0.2, 0) is 0 Å². The van der Waals surface area contributed by atoms with Gasteiger partial charge < -0.3 is 9.42 Å². The van der Waals surface area contributed by atoms with Gasteiger partial charge in [-0.3, -0.25) is 14.7 Å². The van der Waals surface area contributed by atoms with Crippen LogP contribution in [0.25, 0.3) is 0 Å². The molecule has 0 spiro atoms. The largest absolute Gasteiger partial charge is 0.338 e. The molecule has 0 saturated carbocycles. The minimum atomic E-state index is 0.0120. The van der Waals surface area contributed by atoms with Crippen LogP contribution in [0.4, 0.5) is 0 Å². The van der Waals surface area contributed by atoms with Crippen molar-refractivity contribution in [2.75, 3.05) is 26.7 Å². The monoisotopic (exact) mass is 327 g/mol. The second-order valence-electron chi connectivity index (χ2n) is 6.72. The topological polar surface area (TPSA) is 75.4 Å². The van der Waals surface area contributed by atoms with Crippen molar-refractivity contribution in [1.82, 2.24) is 24.9 Å². The Kier molecular flexibility index (Phi) is 3.80. The van der Waals surface area contributed by atoms with Gasteiger partial charge in [0.05, 0.1) is 17.5 Å². The van der Waals surface area contributed by atoms with Crippen LogP contribution in [-0.4, -0.2) is 57.5 Å². The zero-order chi connectivity index (χ0) is 16.7. The smallest absolute Gasteiger partial charge is 0.255 e. The third-order valence-corrected chi connectivity index (χ3v) is 4.96. The first-order chi connectivity index (χ1) is 11.6. The highest BCUT2D eigenvalue weighted by Gasteiger charge is 2.36. The van der Waals surface area contributed by atoms with E-state index in [1.54, 1.807) is 11.1 Å². The van der Waals surface area contributed by atoms with E-state index in [2.05, 4.69) is 27.1 Å². The molecule has 2 aromatic heterocycles. The highest BCUT2D eigenvalue weighted by molar-refractivity contribution is 5.94. The molecule has 0 aromatic carbocycles. The molecule has 2 aliphatic heterocycles. The number of hydrogen-bond donors (Lipinski definition) is 0. The summed E-state index contributed by atoms with van der Waals surface area (Å²) < 4.78 is 5.45. The predicted octanol–water partition coefficient (Wildman–Crippen LogP) is 1.78. The van der Waals surface area contributed by atoms with E-state index in [0.29, 0.717) is 24.5 Å². The molecule has 2 aromatic rings. The van der Waals surface area contributed by atoms with Crippen LogP contribution in [0.5, 0.6) is 0 Å². The Morgan fingerprint density at radius 2 is 2.17 bits per heavy atom. The summed E-state index contributed by atoms with van der Waals surface area (Å²) >= 11 is 0. The first-order valence-corrected chi connectivity index (χ1v) is 8.37. The molecule has 126 valence electrons. The summed E-state index contributed by atoms with van der Waals surface area (Å²) in [6.07, 6.45) is 3.86. The Morgan fingerprint density at radius 3 is 2.83 bits per heavy atom. The molecule has 24 heavy (non-hydrogen) atoms. The van der Waals surface area contributed by atoms with E-state index in [1.807, 2.05) is 19.1 Å². The number of pyridine rings is 1. The molecule has 7 nitrogen and oxygen atoms in total. The van der Waals surface area contributed by atoms with Crippen molar-refractivity contribution in [1.29, 1.82) is 0 Å². The Hall–Kier alpha value is -2.28. The van der Waals surface area contributed by atoms with Crippen molar-refractivity contribution >= 4 is 5.91 Å². The molecule has 0 bridgehead atoms. The average Bonchev–Trinajstić information content (AvgIpc) is 3.15. The SMILES string of the molecule is Cc1ccc(C(=O)N2CC(c3noc(C4CCCN4C)n3)C2)cn1. The fraction of sp³-hybridized carbons (Fsp3) is 0.529. The maximum atomic E-state index is 12.4. The fourth-order valence-electron chi connectivity index (χ4n) is 3.36. The van der Waals surface area contributed by atoms with Crippen molar-refractivity contribution in [3.05, 3.63) is 41.3 Å². The molecule has 0 aliphatic carbocycles. The Balaban J connectivity index is 1.38. The number of carbonyl (C=O) groups excluding carboxylic acids is 1. The van der Waals surface area contributed by atoms with E-state index in [-0.39, 0.29) is 17.9 Å². The van der Waals surface area contributed by atoms with E-state index in [1.165, 1.54) is 0 Å². The van der Waals surface area contributed by atoms with Gasteiger partial charge in [-0.1, -0.05) is 5.16 Å². The van der Waals surface area contributed by atoms with Crippen LogP contribution in [0, 0.1) is 6.92 Å². The van der Waals surface area contributed by atoms with E-state index in [4.69, 9.17) is 4.52 Å². The number of aromatic nitrogens is 3. The number of aryl methyl sites for hydroxylation is 1. The fourth-order valence-corrected chi connectivity index (χ4v) is 3.36. The van der Waals surface area contributed by atoms with E-state index >= 15 is 0 Å². The number of amides is 1. The highest BCUT2D eigenvalue weighted by atomic mass is 16.5. The van der Waals surface area contributed by atoms with Gasteiger partial charge >= 0.3 is 0 Å². The lowest BCUT2D eigenvalue weighted by Gasteiger charge is -2.37. The van der Waals surface area contributed by atoms with Gasteiger partial charge in [-0.05, 0) is 45.5 Å². The first kappa shape index (κ1) is 15.3. The zero-order valence-corrected chi connectivity index (χ0v) is 14.0. The molecule has 7 heteroatoms. The van der Waals surface area contributed by atoms with Crippen LogP contribution < -0.4 is 0 Å². The highest BCUT2D eigenvalue weighted by Crippen LogP contribution is 2.32. The van der Waals surface area contributed by atoms with Gasteiger partial charge in [0.1, 0.15) is 0 Å². The maximum Gasteiger partial charge on any atom is 0.255 e. The first-order valence-electron chi connectivity index (χ1n) is 8.37. The average molecular weight is 327 g/mol. The second kappa shape index (κ2) is 5.98. The summed E-state index contributed by atoms with van der Waals surface area (Å²) in [7, 11) is 2.08. The molecular formula is C17H21N5O2. The van der Waals surface area contributed by atoms with Crippen molar-refractivity contribution in [2.24, 2.45) is 0 Å². The second-order valence-corrected chi connectivity index (χ2v) is 6.72. The molecule has 4 rings (SSSR count). The number of nitrogens with zero attached hydrogens (tertiary/aromatic N) is 5. The minimum absolute atomic E-state index is 0.0120. The standard InChI is InChI=1S/C17H21N5O2/c1-11-5-6-12(8-18-11)17(23)22-9-13(10-22)15-19-16(24-20-15)14-4-3-7-21(14)2/h5-6,8,13-14H,3-4,7,9-10H2,1-2H3. The molecule has 2 fully saturated rings. The van der Waals surface area contributed by atoms with E-state index in [9.17, 15) is 4.79 Å². The number of rotatable bonds is 3. The molecule has 4 heterocycles. The molecular weight excluding hydrogens is 306 g/mol. The lowest BCUT2D eigenvalue weighted by atomic mass is 9.98. The lowest BCUT2D eigenvalue weighted by molar-refractivity contribution is 0.0592. The van der Waals surface area contributed by atoms with E-state index in [0.717, 1.165) is 30.9 Å². The Bertz CT molecular complexity index is 736. The molecule has 0 radical (unpaired) electrons. The number of likely N-dealkylation sites (tertiary alicyclic amines) is 2. The predicted molar refractivity (Wildman–Crippen MR) is 86.5 cm³/mol. The normalized spacial score (nSPS) is 21.9. The summed E-state index contributed by atoms with van der Waals surface area (Å²) in [6.45, 7) is 4.24. The number of carbonyl (C=O) groups is 1. The molecule has 1 amide bonds. The molecule has 1 unspecified atom stereocenters. The molecule has 1 atom stereocenters. The summed E-state index contributed by atoms with van der Waals surface area (Å²) in [5.41, 5.74) is 1.53. The lowest BCUT2D eigenvalue weighted by Crippen LogP contribution is -2.48. The third kappa shape index (κ3) is 2.69. The number of hydrogen-bond acceptors (Lipinski definition) is 6. The summed E-state index contributed by atoms with van der Waals surface area (Å²) in [6, 6.07) is 3.91.